The molecule has 0 saturated heterocycles. The molecule has 0 fully saturated rings. The van der Waals surface area contributed by atoms with Crippen LogP contribution in [0.15, 0.2) is 47.4 Å². The number of nitrogens with zero attached hydrogens (tertiary/aromatic N) is 2. The molecule has 0 aliphatic rings. The summed E-state index contributed by atoms with van der Waals surface area (Å²) in [6.07, 6.45) is 0. The molecule has 0 spiro atoms. The van der Waals surface area contributed by atoms with Crippen molar-refractivity contribution < 1.29 is 14.8 Å². The topological polar surface area (TPSA) is 93.3 Å². The van der Waals surface area contributed by atoms with Gasteiger partial charge < -0.3 is 5.11 Å². The number of nitro benzene ring substituents is 1. The molecule has 2 rings (SSSR count). The number of nitro groups is 1. The van der Waals surface area contributed by atoms with Gasteiger partial charge in [0, 0.05) is 11.8 Å². The Balaban J connectivity index is 2.15. The molecule has 102 valence electrons. The number of rotatable bonds is 5. The van der Waals surface area contributed by atoms with Gasteiger partial charge in [0.2, 0.25) is 0 Å². The average Bonchev–Trinajstić information content (AvgIpc) is 2.45. The van der Waals surface area contributed by atoms with E-state index in [1.54, 1.807) is 30.3 Å². The van der Waals surface area contributed by atoms with Gasteiger partial charge in [0.25, 0.3) is 5.69 Å². The Morgan fingerprint density at radius 3 is 2.70 bits per heavy atom. The molecule has 1 aromatic carbocycles. The Bertz CT molecular complexity index is 660. The van der Waals surface area contributed by atoms with Crippen molar-refractivity contribution in [3.8, 4) is 0 Å². The highest BCUT2D eigenvalue weighted by Crippen LogP contribution is 2.30. The third-order valence-corrected chi connectivity index (χ3v) is 3.56. The summed E-state index contributed by atoms with van der Waals surface area (Å²) in [5.41, 5.74) is 0.561. The normalized spacial score (nSPS) is 10.2. The average molecular weight is 290 g/mol. The SMILES string of the molecule is O=C(O)c1cccc(CSc2ccccc2[N+](=O)[O-])n1. The maximum absolute atomic E-state index is 10.9. The number of carboxylic acid groups (broad SMARTS) is 1. The van der Waals surface area contributed by atoms with Gasteiger partial charge in [-0.25, -0.2) is 9.78 Å². The highest BCUT2D eigenvalue weighted by atomic mass is 32.2. The van der Waals surface area contributed by atoms with Crippen molar-refractivity contribution in [1.82, 2.24) is 4.98 Å². The van der Waals surface area contributed by atoms with Crippen LogP contribution in [0.1, 0.15) is 16.2 Å². The van der Waals surface area contributed by atoms with Crippen molar-refractivity contribution in [3.63, 3.8) is 0 Å². The van der Waals surface area contributed by atoms with E-state index >= 15 is 0 Å². The first-order valence-electron chi connectivity index (χ1n) is 5.63. The number of carboxylic acids is 1. The summed E-state index contributed by atoms with van der Waals surface area (Å²) in [6, 6.07) is 11.1. The molecule has 0 aliphatic carbocycles. The zero-order valence-corrected chi connectivity index (χ0v) is 11.0. The maximum atomic E-state index is 10.9. The smallest absolute Gasteiger partial charge is 0.354 e. The van der Waals surface area contributed by atoms with Gasteiger partial charge in [-0.3, -0.25) is 10.1 Å². The van der Waals surface area contributed by atoms with Crippen molar-refractivity contribution in [3.05, 3.63) is 64.0 Å². The zero-order valence-electron chi connectivity index (χ0n) is 10.2. The number of hydrogen-bond donors (Lipinski definition) is 1. The fourth-order valence-corrected chi connectivity index (χ4v) is 2.49. The van der Waals surface area contributed by atoms with Gasteiger partial charge in [0.05, 0.1) is 15.5 Å². The molecule has 7 heteroatoms. The number of carbonyl (C=O) groups is 1. The quantitative estimate of drug-likeness (QED) is 0.517. The highest BCUT2D eigenvalue weighted by molar-refractivity contribution is 7.98. The van der Waals surface area contributed by atoms with Gasteiger partial charge >= 0.3 is 5.97 Å². The van der Waals surface area contributed by atoms with Crippen LogP contribution in [0.2, 0.25) is 0 Å². The number of aromatic carboxylic acids is 1. The first kappa shape index (κ1) is 14.0. The van der Waals surface area contributed by atoms with Gasteiger partial charge in [-0.05, 0) is 18.2 Å². The number of hydrogen-bond acceptors (Lipinski definition) is 5. The van der Waals surface area contributed by atoms with E-state index in [4.69, 9.17) is 5.11 Å². The van der Waals surface area contributed by atoms with Crippen LogP contribution < -0.4 is 0 Å². The van der Waals surface area contributed by atoms with Gasteiger partial charge in [0.1, 0.15) is 5.69 Å². The van der Waals surface area contributed by atoms with Crippen molar-refractivity contribution >= 4 is 23.4 Å². The fourth-order valence-electron chi connectivity index (χ4n) is 1.56. The molecule has 1 N–H and O–H groups in total. The molecule has 0 bridgehead atoms. The van der Waals surface area contributed by atoms with Gasteiger partial charge in [-0.15, -0.1) is 11.8 Å². The molecule has 2 aromatic rings. The summed E-state index contributed by atoms with van der Waals surface area (Å²) in [4.78, 5) is 25.7. The minimum atomic E-state index is -1.09. The molecule has 0 aliphatic heterocycles. The van der Waals surface area contributed by atoms with Crippen molar-refractivity contribution in [2.75, 3.05) is 0 Å². The molecule has 6 nitrogen and oxygen atoms in total. The predicted octanol–water partition coefficient (Wildman–Crippen LogP) is 2.98. The van der Waals surface area contributed by atoms with Crippen LogP contribution in [0.25, 0.3) is 0 Å². The second-order valence-electron chi connectivity index (χ2n) is 3.83. The second-order valence-corrected chi connectivity index (χ2v) is 4.85. The summed E-state index contributed by atoms with van der Waals surface area (Å²) in [6.45, 7) is 0. The molecule has 0 amide bonds. The first-order valence-corrected chi connectivity index (χ1v) is 6.62. The van der Waals surface area contributed by atoms with E-state index in [1.807, 2.05) is 0 Å². The van der Waals surface area contributed by atoms with E-state index in [0.717, 1.165) is 0 Å². The van der Waals surface area contributed by atoms with E-state index in [1.165, 1.54) is 23.9 Å². The van der Waals surface area contributed by atoms with Gasteiger partial charge in [0.15, 0.2) is 0 Å². The lowest BCUT2D eigenvalue weighted by Gasteiger charge is -2.03. The van der Waals surface area contributed by atoms with Crippen LogP contribution in [-0.2, 0) is 5.75 Å². The lowest BCUT2D eigenvalue weighted by molar-refractivity contribution is -0.387. The van der Waals surface area contributed by atoms with Crippen LogP contribution in [0.5, 0.6) is 0 Å². The molecular formula is C13H10N2O4S. The van der Waals surface area contributed by atoms with E-state index < -0.39 is 10.9 Å². The largest absolute Gasteiger partial charge is 0.477 e. The summed E-state index contributed by atoms with van der Waals surface area (Å²) in [7, 11) is 0. The number of aromatic nitrogens is 1. The summed E-state index contributed by atoms with van der Waals surface area (Å²) in [5.74, 6) is -0.728. The van der Waals surface area contributed by atoms with Gasteiger partial charge in [-0.1, -0.05) is 18.2 Å². The van der Waals surface area contributed by atoms with Crippen LogP contribution in [0.4, 0.5) is 5.69 Å². The molecule has 0 atom stereocenters. The van der Waals surface area contributed by atoms with Crippen molar-refractivity contribution in [2.45, 2.75) is 10.6 Å². The van der Waals surface area contributed by atoms with Crippen LogP contribution >= 0.6 is 11.8 Å². The fraction of sp³-hybridized carbons (Fsp3) is 0.0769. The van der Waals surface area contributed by atoms with Gasteiger partial charge in [-0.2, -0.15) is 0 Å². The van der Waals surface area contributed by atoms with E-state index in [2.05, 4.69) is 4.98 Å². The third kappa shape index (κ3) is 3.33. The van der Waals surface area contributed by atoms with Crippen LogP contribution in [-0.4, -0.2) is 21.0 Å². The second kappa shape index (κ2) is 6.16. The number of thioether (sulfide) groups is 1. The van der Waals surface area contributed by atoms with Crippen LogP contribution in [0, 0.1) is 10.1 Å². The maximum Gasteiger partial charge on any atom is 0.354 e. The molecule has 1 aromatic heterocycles. The zero-order chi connectivity index (χ0) is 14.5. The minimum absolute atomic E-state index is 0.0342. The van der Waals surface area contributed by atoms with Crippen molar-refractivity contribution in [1.29, 1.82) is 0 Å². The lowest BCUT2D eigenvalue weighted by Crippen LogP contribution is -2.01. The van der Waals surface area contributed by atoms with Crippen molar-refractivity contribution in [2.24, 2.45) is 0 Å². The van der Waals surface area contributed by atoms with E-state index in [-0.39, 0.29) is 11.4 Å². The predicted molar refractivity (Wildman–Crippen MR) is 73.9 cm³/mol. The minimum Gasteiger partial charge on any atom is -0.477 e. The number of benzene rings is 1. The molecular weight excluding hydrogens is 280 g/mol. The first-order chi connectivity index (χ1) is 9.58. The molecule has 0 radical (unpaired) electrons. The summed E-state index contributed by atoms with van der Waals surface area (Å²) < 4.78 is 0. The standard InChI is InChI=1S/C13H10N2O4S/c16-13(17)10-5-3-4-9(14-10)8-20-12-7-2-1-6-11(12)15(18)19/h1-7H,8H2,(H,16,17). The Hall–Kier alpha value is -2.41. The highest BCUT2D eigenvalue weighted by Gasteiger charge is 2.13. The summed E-state index contributed by atoms with van der Waals surface area (Å²) in [5, 5.41) is 19.7. The monoisotopic (exact) mass is 290 g/mol. The Kier molecular flexibility index (Phi) is 4.31. The van der Waals surface area contributed by atoms with E-state index in [9.17, 15) is 14.9 Å². The molecule has 1 heterocycles. The number of pyridine rings is 1. The van der Waals surface area contributed by atoms with E-state index in [0.29, 0.717) is 16.3 Å². The lowest BCUT2D eigenvalue weighted by atomic mass is 10.3. The Morgan fingerprint density at radius 2 is 2.00 bits per heavy atom. The Morgan fingerprint density at radius 1 is 1.25 bits per heavy atom. The Labute approximate surface area is 118 Å². The molecule has 0 unspecified atom stereocenters. The third-order valence-electron chi connectivity index (χ3n) is 2.46. The molecule has 20 heavy (non-hydrogen) atoms. The summed E-state index contributed by atoms with van der Waals surface area (Å²) >= 11 is 1.25. The molecule has 0 saturated carbocycles. The van der Waals surface area contributed by atoms with Crippen LogP contribution in [0.3, 0.4) is 0 Å². The number of para-hydroxylation sites is 1.